The Morgan fingerprint density at radius 1 is 1.40 bits per heavy atom. The SMILES string of the molecule is CC(C)(C#N)c1cccc(OC(F)F)c1. The fourth-order valence-corrected chi connectivity index (χ4v) is 1.13. The molecule has 0 heterocycles. The normalized spacial score (nSPS) is 11.2. The van der Waals surface area contributed by atoms with Gasteiger partial charge in [0.15, 0.2) is 0 Å². The predicted molar refractivity (Wildman–Crippen MR) is 51.7 cm³/mol. The summed E-state index contributed by atoms with van der Waals surface area (Å²) >= 11 is 0. The fraction of sp³-hybridized carbons (Fsp3) is 0.364. The Kier molecular flexibility index (Phi) is 3.25. The number of halogens is 2. The van der Waals surface area contributed by atoms with Gasteiger partial charge >= 0.3 is 6.61 Å². The third kappa shape index (κ3) is 2.91. The van der Waals surface area contributed by atoms with E-state index in [1.807, 2.05) is 0 Å². The minimum absolute atomic E-state index is 0.0748. The molecule has 80 valence electrons. The molecule has 0 aliphatic rings. The molecule has 0 radical (unpaired) electrons. The summed E-state index contributed by atoms with van der Waals surface area (Å²) in [5.74, 6) is 0.0748. The largest absolute Gasteiger partial charge is 0.435 e. The van der Waals surface area contributed by atoms with Gasteiger partial charge < -0.3 is 4.74 Å². The smallest absolute Gasteiger partial charge is 0.387 e. The summed E-state index contributed by atoms with van der Waals surface area (Å²) in [4.78, 5) is 0. The van der Waals surface area contributed by atoms with Crippen molar-refractivity contribution in [2.45, 2.75) is 25.9 Å². The van der Waals surface area contributed by atoms with Gasteiger partial charge in [0.2, 0.25) is 0 Å². The summed E-state index contributed by atoms with van der Waals surface area (Å²) in [7, 11) is 0. The first kappa shape index (κ1) is 11.4. The summed E-state index contributed by atoms with van der Waals surface area (Å²) in [6, 6.07) is 8.28. The maximum atomic E-state index is 11.9. The third-order valence-corrected chi connectivity index (χ3v) is 2.06. The van der Waals surface area contributed by atoms with Gasteiger partial charge in [-0.15, -0.1) is 0 Å². The quantitative estimate of drug-likeness (QED) is 0.769. The molecule has 0 aliphatic carbocycles. The molecule has 0 unspecified atom stereocenters. The lowest BCUT2D eigenvalue weighted by atomic mass is 9.86. The first-order valence-corrected chi connectivity index (χ1v) is 4.42. The Morgan fingerprint density at radius 2 is 2.07 bits per heavy atom. The molecule has 0 aromatic heterocycles. The summed E-state index contributed by atoms with van der Waals surface area (Å²) in [5, 5.41) is 8.88. The van der Waals surface area contributed by atoms with Crippen molar-refractivity contribution in [3.63, 3.8) is 0 Å². The van der Waals surface area contributed by atoms with Crippen LogP contribution >= 0.6 is 0 Å². The number of hydrogen-bond donors (Lipinski definition) is 0. The molecule has 0 spiro atoms. The minimum Gasteiger partial charge on any atom is -0.435 e. The van der Waals surface area contributed by atoms with Crippen LogP contribution in [-0.2, 0) is 5.41 Å². The van der Waals surface area contributed by atoms with Gasteiger partial charge in [-0.2, -0.15) is 14.0 Å². The average Bonchev–Trinajstić information content (AvgIpc) is 2.17. The lowest BCUT2D eigenvalue weighted by molar-refractivity contribution is -0.0499. The van der Waals surface area contributed by atoms with Crippen molar-refractivity contribution in [1.82, 2.24) is 0 Å². The van der Waals surface area contributed by atoms with Crippen molar-refractivity contribution >= 4 is 0 Å². The monoisotopic (exact) mass is 211 g/mol. The Balaban J connectivity index is 2.99. The molecule has 1 aromatic rings. The van der Waals surface area contributed by atoms with Crippen LogP contribution in [0.4, 0.5) is 8.78 Å². The zero-order chi connectivity index (χ0) is 11.5. The zero-order valence-electron chi connectivity index (χ0n) is 8.50. The van der Waals surface area contributed by atoms with Crippen molar-refractivity contribution in [3.8, 4) is 11.8 Å². The van der Waals surface area contributed by atoms with Crippen molar-refractivity contribution in [2.75, 3.05) is 0 Å². The molecule has 0 fully saturated rings. The second-order valence-electron chi connectivity index (χ2n) is 3.64. The van der Waals surface area contributed by atoms with Gasteiger partial charge in [-0.1, -0.05) is 12.1 Å². The third-order valence-electron chi connectivity index (χ3n) is 2.06. The van der Waals surface area contributed by atoms with Crippen molar-refractivity contribution in [1.29, 1.82) is 5.26 Å². The second-order valence-corrected chi connectivity index (χ2v) is 3.64. The van der Waals surface area contributed by atoms with Crippen LogP contribution in [0.2, 0.25) is 0 Å². The van der Waals surface area contributed by atoms with E-state index in [-0.39, 0.29) is 5.75 Å². The molecule has 2 nitrogen and oxygen atoms in total. The van der Waals surface area contributed by atoms with Crippen LogP contribution in [0.5, 0.6) is 5.75 Å². The van der Waals surface area contributed by atoms with Crippen molar-refractivity contribution < 1.29 is 13.5 Å². The molecule has 1 aromatic carbocycles. The van der Waals surface area contributed by atoms with Gasteiger partial charge in [0.25, 0.3) is 0 Å². The first-order valence-electron chi connectivity index (χ1n) is 4.42. The molecule has 0 atom stereocenters. The lowest BCUT2D eigenvalue weighted by Crippen LogP contribution is -2.14. The number of rotatable bonds is 3. The molecule has 0 saturated heterocycles. The van der Waals surface area contributed by atoms with Crippen LogP contribution < -0.4 is 4.74 Å². The van der Waals surface area contributed by atoms with Gasteiger partial charge in [-0.3, -0.25) is 0 Å². The van der Waals surface area contributed by atoms with Gasteiger partial charge in [0.05, 0.1) is 11.5 Å². The van der Waals surface area contributed by atoms with E-state index in [9.17, 15) is 8.78 Å². The van der Waals surface area contributed by atoms with Gasteiger partial charge in [-0.05, 0) is 31.5 Å². The van der Waals surface area contributed by atoms with E-state index >= 15 is 0 Å². The van der Waals surface area contributed by atoms with E-state index in [4.69, 9.17) is 5.26 Å². The standard InChI is InChI=1S/C11H11F2NO/c1-11(2,7-14)8-4-3-5-9(6-8)15-10(12)13/h3-6,10H,1-2H3. The number of hydrogen-bond acceptors (Lipinski definition) is 2. The van der Waals surface area contributed by atoms with Crippen LogP contribution in [-0.4, -0.2) is 6.61 Å². The van der Waals surface area contributed by atoms with Crippen molar-refractivity contribution in [3.05, 3.63) is 29.8 Å². The maximum absolute atomic E-state index is 11.9. The molecule has 0 N–H and O–H groups in total. The van der Waals surface area contributed by atoms with E-state index in [0.29, 0.717) is 5.56 Å². The van der Waals surface area contributed by atoms with Gasteiger partial charge in [-0.25, -0.2) is 0 Å². The van der Waals surface area contributed by atoms with E-state index in [0.717, 1.165) is 0 Å². The Bertz CT molecular complexity index is 382. The highest BCUT2D eigenvalue weighted by atomic mass is 19.3. The highest BCUT2D eigenvalue weighted by molar-refractivity contribution is 5.36. The van der Waals surface area contributed by atoms with E-state index in [2.05, 4.69) is 10.8 Å². The Labute approximate surface area is 87.1 Å². The molecule has 0 bridgehead atoms. The Morgan fingerprint density at radius 3 is 2.60 bits per heavy atom. The first-order chi connectivity index (χ1) is 6.95. The van der Waals surface area contributed by atoms with Crippen LogP contribution in [0.3, 0.4) is 0 Å². The van der Waals surface area contributed by atoms with Crippen LogP contribution in [0.1, 0.15) is 19.4 Å². The molecule has 4 heteroatoms. The van der Waals surface area contributed by atoms with E-state index in [1.165, 1.54) is 12.1 Å². The topological polar surface area (TPSA) is 33.0 Å². The molecule has 15 heavy (non-hydrogen) atoms. The molecule has 0 saturated carbocycles. The molecule has 0 aliphatic heterocycles. The molecular formula is C11H11F2NO. The summed E-state index contributed by atoms with van der Waals surface area (Å²) in [6.07, 6.45) is 0. The van der Waals surface area contributed by atoms with E-state index in [1.54, 1.807) is 26.0 Å². The number of ether oxygens (including phenoxy) is 1. The van der Waals surface area contributed by atoms with Gasteiger partial charge in [0, 0.05) is 0 Å². The summed E-state index contributed by atoms with van der Waals surface area (Å²) in [6.45, 7) is 0.591. The fourth-order valence-electron chi connectivity index (χ4n) is 1.13. The van der Waals surface area contributed by atoms with Crippen LogP contribution in [0.15, 0.2) is 24.3 Å². The van der Waals surface area contributed by atoms with E-state index < -0.39 is 12.0 Å². The average molecular weight is 211 g/mol. The minimum atomic E-state index is -2.84. The summed E-state index contributed by atoms with van der Waals surface area (Å²) in [5.41, 5.74) is -0.0512. The number of nitriles is 1. The number of nitrogens with zero attached hydrogens (tertiary/aromatic N) is 1. The summed E-state index contributed by atoms with van der Waals surface area (Å²) < 4.78 is 28.1. The number of benzene rings is 1. The van der Waals surface area contributed by atoms with Gasteiger partial charge in [0.1, 0.15) is 5.75 Å². The molecular weight excluding hydrogens is 200 g/mol. The maximum Gasteiger partial charge on any atom is 0.387 e. The molecule has 1 rings (SSSR count). The zero-order valence-corrected chi connectivity index (χ0v) is 8.50. The second kappa shape index (κ2) is 4.26. The van der Waals surface area contributed by atoms with Crippen LogP contribution in [0, 0.1) is 11.3 Å². The lowest BCUT2D eigenvalue weighted by Gasteiger charge is -2.16. The van der Waals surface area contributed by atoms with Crippen molar-refractivity contribution in [2.24, 2.45) is 0 Å². The highest BCUT2D eigenvalue weighted by Gasteiger charge is 2.20. The van der Waals surface area contributed by atoms with Crippen LogP contribution in [0.25, 0.3) is 0 Å². The molecule has 0 amide bonds. The predicted octanol–water partition coefficient (Wildman–Crippen LogP) is 3.09. The highest BCUT2D eigenvalue weighted by Crippen LogP contribution is 2.26. The number of alkyl halides is 2. The Hall–Kier alpha value is -1.63.